The number of hydrogen-bond donors (Lipinski definition) is 0. The fraction of sp³-hybridized carbons (Fsp3) is 1.00. The van der Waals surface area contributed by atoms with Crippen LogP contribution in [0.5, 0.6) is 0 Å². The van der Waals surface area contributed by atoms with Crippen molar-refractivity contribution >= 4 is 74.5 Å². The Hall–Kier alpha value is 2.62. The number of halogens is 3. The summed E-state index contributed by atoms with van der Waals surface area (Å²) in [6, 6.07) is 1.41. The first kappa shape index (κ1) is 9.62. The van der Waals surface area contributed by atoms with Crippen LogP contribution in [-0.2, 0) is 0 Å². The van der Waals surface area contributed by atoms with Gasteiger partial charge in [0.05, 0.1) is 0 Å². The van der Waals surface area contributed by atoms with Crippen LogP contribution in [0, 0.1) is 0 Å². The van der Waals surface area contributed by atoms with Crippen LogP contribution in [-0.4, -0.2) is 9.12 Å². The van der Waals surface area contributed by atoms with Gasteiger partial charge >= 0.3 is 0 Å². The quantitative estimate of drug-likeness (QED) is 0.334. The standard InChI is InChI=1S/C2H5I3Si2/c1-2-7(4,5)6-3/h2H2,1H3. The van der Waals surface area contributed by atoms with Crippen LogP contribution in [0.15, 0.2) is 0 Å². The van der Waals surface area contributed by atoms with Gasteiger partial charge in [-0.15, -0.1) is 65.4 Å². The zero-order valence-corrected chi connectivity index (χ0v) is 12.3. The molecule has 0 unspecified atom stereocenters. The van der Waals surface area contributed by atoms with Crippen molar-refractivity contribution in [2.45, 2.75) is 13.0 Å². The Morgan fingerprint density at radius 1 is 1.57 bits per heavy atom. The third-order valence-electron chi connectivity index (χ3n) is 0.582. The Morgan fingerprint density at radius 3 is 2.00 bits per heavy atom. The van der Waals surface area contributed by atoms with Gasteiger partial charge in [0, 0.05) is 0 Å². The van der Waals surface area contributed by atoms with E-state index in [0.29, 0.717) is 0 Å². The molecule has 0 aromatic rings. The van der Waals surface area contributed by atoms with Gasteiger partial charge in [0.2, 0.25) is 0 Å². The molecule has 5 heteroatoms. The molecule has 0 aliphatic rings. The van der Waals surface area contributed by atoms with E-state index in [4.69, 9.17) is 0 Å². The van der Waals surface area contributed by atoms with Gasteiger partial charge in [-0.05, 0) is 6.04 Å². The van der Waals surface area contributed by atoms with Gasteiger partial charge in [0.15, 0.2) is 2.58 Å². The van der Waals surface area contributed by atoms with Gasteiger partial charge in [-0.2, -0.15) is 0 Å². The van der Waals surface area contributed by atoms with Gasteiger partial charge in [-0.25, -0.2) is 0 Å². The van der Waals surface area contributed by atoms with Gasteiger partial charge in [-0.1, -0.05) is 6.92 Å². The molecule has 0 aromatic heterocycles. The normalized spacial score (nSPS) is 12.0. The van der Waals surface area contributed by atoms with Crippen molar-refractivity contribution in [2.24, 2.45) is 0 Å². The smallest absolute Gasteiger partial charge is 0.126 e. The second-order valence-corrected chi connectivity index (χ2v) is 34.8. The van der Waals surface area contributed by atoms with Crippen LogP contribution < -0.4 is 0 Å². The summed E-state index contributed by atoms with van der Waals surface area (Å²) in [4.78, 5) is 0. The zero-order chi connectivity index (χ0) is 5.91. The highest BCUT2D eigenvalue weighted by Gasteiger charge is 2.21. The van der Waals surface area contributed by atoms with Crippen molar-refractivity contribution in [3.63, 3.8) is 0 Å². The number of hydrogen-bond acceptors (Lipinski definition) is 0. The molecule has 0 aliphatic heterocycles. The molecular formula is C2H5I3Si2. The summed E-state index contributed by atoms with van der Waals surface area (Å²) in [6.45, 7) is 3.46. The molecular weight excluding hydrogens is 461 g/mol. The topological polar surface area (TPSA) is 0 Å². The predicted molar refractivity (Wildman–Crippen MR) is 64.0 cm³/mol. The summed E-state index contributed by atoms with van der Waals surface area (Å²) >= 11 is 7.77. The molecule has 0 amide bonds. The molecule has 2 radical (unpaired) electrons. The minimum Gasteiger partial charge on any atom is -0.126 e. The average Bonchev–Trinajstić information content (AvgIpc) is 1.68. The largest absolute Gasteiger partial charge is 0.189 e. The molecule has 0 heterocycles. The number of rotatable bonds is 2. The predicted octanol–water partition coefficient (Wildman–Crippen LogP) is 2.87. The molecule has 0 nitrogen and oxygen atoms in total. The zero-order valence-electron chi connectivity index (χ0n) is 3.84. The first-order chi connectivity index (χ1) is 3.12. The minimum absolute atomic E-state index is 0.697. The summed E-state index contributed by atoms with van der Waals surface area (Å²) in [7, 11) is 0. The molecule has 0 spiro atoms. The van der Waals surface area contributed by atoms with Crippen molar-refractivity contribution in [3.8, 4) is 0 Å². The van der Waals surface area contributed by atoms with E-state index < -0.39 is 2.58 Å². The van der Waals surface area contributed by atoms with E-state index >= 15 is 0 Å². The van der Waals surface area contributed by atoms with Crippen LogP contribution in [0.2, 0.25) is 6.04 Å². The van der Waals surface area contributed by atoms with Crippen molar-refractivity contribution in [3.05, 3.63) is 0 Å². The third kappa shape index (κ3) is 5.09. The van der Waals surface area contributed by atoms with Gasteiger partial charge in [-0.3, -0.25) is 0 Å². The second-order valence-electron chi connectivity index (χ2n) is 1.15. The fourth-order valence-electron chi connectivity index (χ4n) is 0.0668. The summed E-state index contributed by atoms with van der Waals surface area (Å²) in [5, 5.41) is 0. The van der Waals surface area contributed by atoms with Crippen LogP contribution in [0.4, 0.5) is 0 Å². The Bertz CT molecular complexity index is 48.9. The summed E-state index contributed by atoms with van der Waals surface area (Å²) in [5.74, 6) is 0. The Balaban J connectivity index is 3.36. The molecule has 7 heavy (non-hydrogen) atoms. The van der Waals surface area contributed by atoms with Gasteiger partial charge in [0.25, 0.3) is 0 Å². The molecule has 42 valence electrons. The molecule has 0 saturated heterocycles. The van der Waals surface area contributed by atoms with Crippen LogP contribution in [0.1, 0.15) is 6.92 Å². The Kier molecular flexibility index (Phi) is 6.11. The van der Waals surface area contributed by atoms with Crippen LogP contribution >= 0.6 is 65.4 Å². The minimum atomic E-state index is -0.697. The lowest BCUT2D eigenvalue weighted by Gasteiger charge is -2.07. The Labute approximate surface area is 85.9 Å². The maximum absolute atomic E-state index is 2.63. The monoisotopic (exact) mass is 466 g/mol. The van der Waals surface area contributed by atoms with E-state index in [1.165, 1.54) is 12.6 Å². The fourth-order valence-corrected chi connectivity index (χ4v) is 4.03. The molecule has 0 bridgehead atoms. The lowest BCUT2D eigenvalue weighted by molar-refractivity contribution is 1.47. The maximum atomic E-state index is 2.63. The first-order valence-corrected chi connectivity index (χ1v) is 15.4. The van der Waals surface area contributed by atoms with Crippen molar-refractivity contribution in [1.29, 1.82) is 0 Å². The summed E-state index contributed by atoms with van der Waals surface area (Å²) in [5.41, 5.74) is 0. The lowest BCUT2D eigenvalue weighted by atomic mass is 11.0. The Morgan fingerprint density at radius 2 is 2.00 bits per heavy atom. The molecule has 0 saturated carbocycles. The summed E-state index contributed by atoms with van der Waals surface area (Å²) in [6.07, 6.45) is 0. The average molecular weight is 466 g/mol. The van der Waals surface area contributed by atoms with Crippen LogP contribution in [0.25, 0.3) is 0 Å². The first-order valence-electron chi connectivity index (χ1n) is 1.88. The van der Waals surface area contributed by atoms with E-state index in [9.17, 15) is 0 Å². The molecule has 0 N–H and O–H groups in total. The summed E-state index contributed by atoms with van der Waals surface area (Å²) < 4.78 is -0.697. The highest BCUT2D eigenvalue weighted by Crippen LogP contribution is 2.25. The molecule has 0 aromatic carbocycles. The SMILES string of the molecule is CC[Si](I)(I)[Si]I. The van der Waals surface area contributed by atoms with Crippen molar-refractivity contribution in [1.82, 2.24) is 0 Å². The maximum Gasteiger partial charge on any atom is 0.189 e. The molecule has 0 rings (SSSR count). The second kappa shape index (κ2) is 4.44. The van der Waals surface area contributed by atoms with E-state index in [1.807, 2.05) is 0 Å². The highest BCUT2D eigenvalue weighted by molar-refractivity contribution is 14.3. The van der Waals surface area contributed by atoms with E-state index in [2.05, 4.69) is 72.3 Å². The van der Waals surface area contributed by atoms with E-state index in [1.54, 1.807) is 0 Å². The van der Waals surface area contributed by atoms with Crippen LogP contribution in [0.3, 0.4) is 0 Å². The van der Waals surface area contributed by atoms with Crippen molar-refractivity contribution < 1.29 is 0 Å². The highest BCUT2D eigenvalue weighted by atomic mass is 127. The van der Waals surface area contributed by atoms with E-state index in [0.717, 1.165) is 0 Å². The van der Waals surface area contributed by atoms with E-state index in [-0.39, 0.29) is 0 Å². The third-order valence-corrected chi connectivity index (χ3v) is 39.9. The lowest BCUT2D eigenvalue weighted by Crippen LogP contribution is -2.20. The molecule has 0 atom stereocenters. The van der Waals surface area contributed by atoms with Crippen molar-refractivity contribution in [2.75, 3.05) is 0 Å². The molecule has 0 fully saturated rings. The van der Waals surface area contributed by atoms with Gasteiger partial charge in [0.1, 0.15) is 6.53 Å². The molecule has 0 aliphatic carbocycles. The van der Waals surface area contributed by atoms with Gasteiger partial charge < -0.3 is 0 Å².